The molecule has 0 fully saturated rings. The molecule has 0 aromatic heterocycles. The Morgan fingerprint density at radius 3 is 2.12 bits per heavy atom. The Labute approximate surface area is 144 Å². The quantitative estimate of drug-likeness (QED) is 0.515. The molecule has 126 valence electrons. The molecule has 3 heteroatoms. The molecule has 0 saturated heterocycles. The highest BCUT2D eigenvalue weighted by Gasteiger charge is 2.03. The van der Waals surface area contributed by atoms with Gasteiger partial charge in [-0.2, -0.15) is 0 Å². The second kappa shape index (κ2) is 8.92. The largest absolute Gasteiger partial charge is 0.494 e. The van der Waals surface area contributed by atoms with E-state index in [1.807, 2.05) is 37.3 Å². The smallest absolute Gasteiger partial charge is 0.185 e. The summed E-state index contributed by atoms with van der Waals surface area (Å²) in [6.45, 7) is 8.83. The zero-order chi connectivity index (χ0) is 17.4. The second-order valence-electron chi connectivity index (χ2n) is 5.42. The molecule has 0 aliphatic carbocycles. The van der Waals surface area contributed by atoms with E-state index in [-0.39, 0.29) is 5.78 Å². The number of ketones is 1. The minimum atomic E-state index is -0.00846. The molecule has 24 heavy (non-hydrogen) atoms. The van der Waals surface area contributed by atoms with E-state index in [9.17, 15) is 4.79 Å². The Balaban J connectivity index is 2.03. The van der Waals surface area contributed by atoms with Crippen LogP contribution < -0.4 is 9.64 Å². The fraction of sp³-hybridized carbons (Fsp3) is 0.286. The van der Waals surface area contributed by atoms with Crippen molar-refractivity contribution in [3.05, 3.63) is 65.7 Å². The number of hydrogen-bond donors (Lipinski definition) is 0. The lowest BCUT2D eigenvalue weighted by atomic mass is 10.1. The molecule has 0 spiro atoms. The van der Waals surface area contributed by atoms with Crippen molar-refractivity contribution in [1.82, 2.24) is 0 Å². The van der Waals surface area contributed by atoms with Gasteiger partial charge in [0.25, 0.3) is 0 Å². The van der Waals surface area contributed by atoms with E-state index in [2.05, 4.69) is 30.9 Å². The van der Waals surface area contributed by atoms with Crippen LogP contribution in [0.25, 0.3) is 6.08 Å². The maximum atomic E-state index is 12.2. The lowest BCUT2D eigenvalue weighted by Gasteiger charge is -2.20. The summed E-state index contributed by atoms with van der Waals surface area (Å²) in [6.07, 6.45) is 3.47. The highest BCUT2D eigenvalue weighted by Crippen LogP contribution is 2.17. The summed E-state index contributed by atoms with van der Waals surface area (Å²) >= 11 is 0. The van der Waals surface area contributed by atoms with Gasteiger partial charge in [0.1, 0.15) is 5.75 Å². The molecule has 0 bridgehead atoms. The van der Waals surface area contributed by atoms with Crippen molar-refractivity contribution in [2.45, 2.75) is 20.8 Å². The molecule has 0 aliphatic rings. The fourth-order valence-electron chi connectivity index (χ4n) is 2.54. The summed E-state index contributed by atoms with van der Waals surface area (Å²) in [7, 11) is 0. The van der Waals surface area contributed by atoms with Gasteiger partial charge in [-0.15, -0.1) is 0 Å². The lowest BCUT2D eigenvalue weighted by molar-refractivity contribution is 0.104. The molecule has 3 nitrogen and oxygen atoms in total. The van der Waals surface area contributed by atoms with E-state index in [0.29, 0.717) is 12.2 Å². The van der Waals surface area contributed by atoms with Gasteiger partial charge in [-0.3, -0.25) is 4.79 Å². The van der Waals surface area contributed by atoms with Gasteiger partial charge in [-0.25, -0.2) is 0 Å². The maximum absolute atomic E-state index is 12.2. The first kappa shape index (κ1) is 17.8. The Bertz CT molecular complexity index is 668. The third kappa shape index (κ3) is 4.72. The molecular weight excluding hydrogens is 298 g/mol. The fourth-order valence-corrected chi connectivity index (χ4v) is 2.54. The van der Waals surface area contributed by atoms with E-state index in [1.54, 1.807) is 18.2 Å². The average Bonchev–Trinajstić information content (AvgIpc) is 2.63. The van der Waals surface area contributed by atoms with Crippen LogP contribution in [0.1, 0.15) is 36.7 Å². The summed E-state index contributed by atoms with van der Waals surface area (Å²) < 4.78 is 5.39. The highest BCUT2D eigenvalue weighted by atomic mass is 16.5. The number of anilines is 1. The number of nitrogens with zero attached hydrogens (tertiary/aromatic N) is 1. The number of benzene rings is 2. The van der Waals surface area contributed by atoms with Crippen molar-refractivity contribution < 1.29 is 9.53 Å². The van der Waals surface area contributed by atoms with Gasteiger partial charge in [0.15, 0.2) is 5.78 Å². The molecule has 0 unspecified atom stereocenters. The van der Waals surface area contributed by atoms with Crippen LogP contribution in [-0.4, -0.2) is 25.5 Å². The van der Waals surface area contributed by atoms with Gasteiger partial charge in [-0.05, 0) is 68.8 Å². The van der Waals surface area contributed by atoms with E-state index < -0.39 is 0 Å². The van der Waals surface area contributed by atoms with Crippen molar-refractivity contribution in [2.75, 3.05) is 24.6 Å². The van der Waals surface area contributed by atoms with Crippen LogP contribution in [0.5, 0.6) is 5.75 Å². The first-order chi connectivity index (χ1) is 11.7. The van der Waals surface area contributed by atoms with E-state index in [1.165, 1.54) is 5.69 Å². The standard InChI is InChI=1S/C21H25NO2/c1-4-22(5-2)19-12-7-17(8-13-19)9-16-21(23)18-10-14-20(15-11-18)24-6-3/h7-16H,4-6H2,1-3H3/b16-9-. The predicted molar refractivity (Wildman–Crippen MR) is 101 cm³/mol. The first-order valence-corrected chi connectivity index (χ1v) is 8.48. The zero-order valence-corrected chi connectivity index (χ0v) is 14.7. The molecule has 0 saturated carbocycles. The molecule has 0 aliphatic heterocycles. The SMILES string of the molecule is CCOc1ccc(C(=O)/C=C\c2ccc(N(CC)CC)cc2)cc1. The van der Waals surface area contributed by atoms with Crippen molar-refractivity contribution in [1.29, 1.82) is 0 Å². The molecule has 0 heterocycles. The first-order valence-electron chi connectivity index (χ1n) is 8.48. The monoisotopic (exact) mass is 323 g/mol. The highest BCUT2D eigenvalue weighted by molar-refractivity contribution is 6.06. The van der Waals surface area contributed by atoms with Crippen LogP contribution >= 0.6 is 0 Å². The van der Waals surface area contributed by atoms with Crippen LogP contribution in [0, 0.1) is 0 Å². The topological polar surface area (TPSA) is 29.5 Å². The molecule has 0 radical (unpaired) electrons. The summed E-state index contributed by atoms with van der Waals surface area (Å²) in [6, 6.07) is 15.5. The van der Waals surface area contributed by atoms with Gasteiger partial charge in [0.2, 0.25) is 0 Å². The van der Waals surface area contributed by atoms with Gasteiger partial charge in [0.05, 0.1) is 6.61 Å². The Hall–Kier alpha value is -2.55. The second-order valence-corrected chi connectivity index (χ2v) is 5.42. The van der Waals surface area contributed by atoms with E-state index in [4.69, 9.17) is 4.74 Å². The Kier molecular flexibility index (Phi) is 6.62. The van der Waals surface area contributed by atoms with Crippen LogP contribution in [0.15, 0.2) is 54.6 Å². The number of allylic oxidation sites excluding steroid dienone is 1. The molecule has 2 rings (SSSR count). The number of rotatable bonds is 8. The van der Waals surface area contributed by atoms with Crippen molar-refractivity contribution in [3.63, 3.8) is 0 Å². The van der Waals surface area contributed by atoms with Crippen LogP contribution in [0.2, 0.25) is 0 Å². The third-order valence-corrected chi connectivity index (χ3v) is 3.90. The van der Waals surface area contributed by atoms with Gasteiger partial charge < -0.3 is 9.64 Å². The third-order valence-electron chi connectivity index (χ3n) is 3.90. The number of carbonyl (C=O) groups is 1. The van der Waals surface area contributed by atoms with Gasteiger partial charge in [0, 0.05) is 24.3 Å². The summed E-state index contributed by atoms with van der Waals surface area (Å²) in [5, 5.41) is 0. The number of hydrogen-bond acceptors (Lipinski definition) is 3. The minimum Gasteiger partial charge on any atom is -0.494 e. The van der Waals surface area contributed by atoms with Crippen molar-refractivity contribution >= 4 is 17.5 Å². The van der Waals surface area contributed by atoms with Crippen molar-refractivity contribution in [3.8, 4) is 5.75 Å². The molecule has 0 atom stereocenters. The molecular formula is C21H25NO2. The number of carbonyl (C=O) groups excluding carboxylic acids is 1. The summed E-state index contributed by atoms with van der Waals surface area (Å²) in [5.74, 6) is 0.774. The van der Waals surface area contributed by atoms with Crippen LogP contribution in [-0.2, 0) is 0 Å². The zero-order valence-electron chi connectivity index (χ0n) is 14.7. The summed E-state index contributed by atoms with van der Waals surface area (Å²) in [5.41, 5.74) is 2.88. The summed E-state index contributed by atoms with van der Waals surface area (Å²) in [4.78, 5) is 14.5. The molecule has 2 aromatic carbocycles. The van der Waals surface area contributed by atoms with Gasteiger partial charge >= 0.3 is 0 Å². The van der Waals surface area contributed by atoms with Gasteiger partial charge in [-0.1, -0.05) is 18.2 Å². The average molecular weight is 323 g/mol. The minimum absolute atomic E-state index is 0.00846. The van der Waals surface area contributed by atoms with Crippen LogP contribution in [0.4, 0.5) is 5.69 Å². The maximum Gasteiger partial charge on any atom is 0.185 e. The Morgan fingerprint density at radius 2 is 1.58 bits per heavy atom. The normalized spacial score (nSPS) is 10.8. The molecule has 0 amide bonds. The van der Waals surface area contributed by atoms with E-state index >= 15 is 0 Å². The Morgan fingerprint density at radius 1 is 0.958 bits per heavy atom. The molecule has 0 N–H and O–H groups in total. The molecule has 2 aromatic rings. The predicted octanol–water partition coefficient (Wildman–Crippen LogP) is 4.83. The van der Waals surface area contributed by atoms with Crippen LogP contribution in [0.3, 0.4) is 0 Å². The lowest BCUT2D eigenvalue weighted by Crippen LogP contribution is -2.21. The number of ether oxygens (including phenoxy) is 1. The van der Waals surface area contributed by atoms with Crippen molar-refractivity contribution in [2.24, 2.45) is 0 Å². The van der Waals surface area contributed by atoms with E-state index in [0.717, 1.165) is 24.4 Å².